The van der Waals surface area contributed by atoms with Crippen LogP contribution in [0.25, 0.3) is 5.82 Å². The molecule has 0 atom stereocenters. The summed E-state index contributed by atoms with van der Waals surface area (Å²) in [7, 11) is 3.71. The van der Waals surface area contributed by atoms with Crippen LogP contribution in [0.5, 0.6) is 5.75 Å². The average Bonchev–Trinajstić information content (AvgIpc) is 3.27. The molecule has 0 aliphatic rings. The fourth-order valence-electron chi connectivity index (χ4n) is 2.80. The normalized spacial score (nSPS) is 10.9. The first kappa shape index (κ1) is 22.7. The van der Waals surface area contributed by atoms with Gasteiger partial charge in [0.1, 0.15) is 5.75 Å². The highest BCUT2D eigenvalue weighted by Gasteiger charge is 2.07. The zero-order valence-corrected chi connectivity index (χ0v) is 19.3. The van der Waals surface area contributed by atoms with Crippen LogP contribution in [0.1, 0.15) is 18.1 Å². The lowest BCUT2D eigenvalue weighted by molar-refractivity contribution is 0.414. The maximum atomic E-state index is 5.22. The number of aliphatic imine (C=N–C) groups is 1. The SMILES string of the molecule is CCNC(=NCc1ccnc(-n2cccn2)c1)N(C)Cc1ccc(OC)cc1.I. The molecule has 2 heterocycles. The summed E-state index contributed by atoms with van der Waals surface area (Å²) in [5.41, 5.74) is 2.27. The van der Waals surface area contributed by atoms with Crippen LogP contribution in [0.2, 0.25) is 0 Å². The number of rotatable bonds is 7. The van der Waals surface area contributed by atoms with Crippen LogP contribution >= 0.6 is 24.0 Å². The summed E-state index contributed by atoms with van der Waals surface area (Å²) >= 11 is 0. The van der Waals surface area contributed by atoms with Gasteiger partial charge in [-0.1, -0.05) is 12.1 Å². The first-order valence-corrected chi connectivity index (χ1v) is 9.27. The maximum absolute atomic E-state index is 5.22. The molecule has 0 aliphatic heterocycles. The van der Waals surface area contributed by atoms with Gasteiger partial charge in [-0.05, 0) is 48.4 Å². The highest BCUT2D eigenvalue weighted by Crippen LogP contribution is 2.13. The van der Waals surface area contributed by atoms with E-state index in [1.54, 1.807) is 24.2 Å². The first-order valence-electron chi connectivity index (χ1n) is 9.27. The van der Waals surface area contributed by atoms with E-state index in [2.05, 4.69) is 39.4 Å². The topological polar surface area (TPSA) is 67.6 Å². The van der Waals surface area contributed by atoms with Gasteiger partial charge >= 0.3 is 0 Å². The Hall–Kier alpha value is -2.62. The standard InChI is InChI=1S/C21H26N6O.HI/c1-4-22-21(26(2)16-17-6-8-19(28-3)9-7-17)24-15-18-10-12-23-20(14-18)27-13-5-11-25-27;/h5-14H,4,15-16H2,1-3H3,(H,22,24);1H. The Balaban J connectivity index is 0.00000300. The van der Waals surface area contributed by atoms with E-state index in [0.29, 0.717) is 6.54 Å². The van der Waals surface area contributed by atoms with E-state index in [9.17, 15) is 0 Å². The molecular weight excluding hydrogens is 479 g/mol. The molecule has 0 radical (unpaired) electrons. The first-order chi connectivity index (χ1) is 13.7. The highest BCUT2D eigenvalue weighted by molar-refractivity contribution is 14.0. The summed E-state index contributed by atoms with van der Waals surface area (Å²) < 4.78 is 6.97. The van der Waals surface area contributed by atoms with Crippen molar-refractivity contribution in [2.75, 3.05) is 20.7 Å². The lowest BCUT2D eigenvalue weighted by Gasteiger charge is -2.22. The third kappa shape index (κ3) is 6.45. The molecule has 0 bridgehead atoms. The Bertz CT molecular complexity index is 896. The molecule has 2 aromatic heterocycles. The Morgan fingerprint density at radius 3 is 2.62 bits per heavy atom. The van der Waals surface area contributed by atoms with E-state index in [-0.39, 0.29) is 24.0 Å². The molecule has 1 N–H and O–H groups in total. The summed E-state index contributed by atoms with van der Waals surface area (Å²) in [6.07, 6.45) is 5.40. The molecular formula is C21H27IN6O. The van der Waals surface area contributed by atoms with Crippen molar-refractivity contribution in [3.8, 4) is 11.6 Å². The molecule has 154 valence electrons. The molecule has 0 amide bonds. The number of benzene rings is 1. The monoisotopic (exact) mass is 506 g/mol. The van der Waals surface area contributed by atoms with E-state index in [0.717, 1.165) is 36.2 Å². The fourth-order valence-corrected chi connectivity index (χ4v) is 2.80. The predicted octanol–water partition coefficient (Wildman–Crippen LogP) is 3.49. The molecule has 0 saturated heterocycles. The van der Waals surface area contributed by atoms with Crippen LogP contribution in [0.15, 0.2) is 66.0 Å². The van der Waals surface area contributed by atoms with Gasteiger partial charge in [0.2, 0.25) is 0 Å². The molecule has 7 nitrogen and oxygen atoms in total. The maximum Gasteiger partial charge on any atom is 0.194 e. The van der Waals surface area contributed by atoms with Crippen LogP contribution < -0.4 is 10.1 Å². The summed E-state index contributed by atoms with van der Waals surface area (Å²) in [6, 6.07) is 13.9. The van der Waals surface area contributed by atoms with Gasteiger partial charge in [0.25, 0.3) is 0 Å². The van der Waals surface area contributed by atoms with Crippen LogP contribution in [0.4, 0.5) is 0 Å². The van der Waals surface area contributed by atoms with Gasteiger partial charge in [-0.2, -0.15) is 5.10 Å². The van der Waals surface area contributed by atoms with Crippen molar-refractivity contribution in [3.63, 3.8) is 0 Å². The average molecular weight is 506 g/mol. The number of hydrogen-bond donors (Lipinski definition) is 1. The number of ether oxygens (including phenoxy) is 1. The fraction of sp³-hybridized carbons (Fsp3) is 0.286. The quantitative estimate of drug-likeness (QED) is 0.302. The number of methoxy groups -OCH3 is 1. The predicted molar refractivity (Wildman–Crippen MR) is 126 cm³/mol. The minimum atomic E-state index is 0. The third-order valence-corrected chi connectivity index (χ3v) is 4.24. The van der Waals surface area contributed by atoms with Crippen LogP contribution in [0, 0.1) is 0 Å². The van der Waals surface area contributed by atoms with Gasteiger partial charge < -0.3 is 15.0 Å². The second-order valence-electron chi connectivity index (χ2n) is 6.35. The van der Waals surface area contributed by atoms with Gasteiger partial charge in [-0.15, -0.1) is 24.0 Å². The van der Waals surface area contributed by atoms with Crippen LogP contribution in [0.3, 0.4) is 0 Å². The third-order valence-electron chi connectivity index (χ3n) is 4.24. The number of aromatic nitrogens is 3. The van der Waals surface area contributed by atoms with E-state index >= 15 is 0 Å². The van der Waals surface area contributed by atoms with Gasteiger partial charge in [0, 0.05) is 38.7 Å². The highest BCUT2D eigenvalue weighted by atomic mass is 127. The molecule has 0 aliphatic carbocycles. The van der Waals surface area contributed by atoms with E-state index in [4.69, 9.17) is 9.73 Å². The summed E-state index contributed by atoms with van der Waals surface area (Å²) in [4.78, 5) is 11.3. The van der Waals surface area contributed by atoms with Crippen molar-refractivity contribution >= 4 is 29.9 Å². The molecule has 8 heteroatoms. The Morgan fingerprint density at radius 1 is 1.17 bits per heavy atom. The number of guanidine groups is 1. The molecule has 29 heavy (non-hydrogen) atoms. The van der Waals surface area contributed by atoms with E-state index in [1.807, 2.05) is 43.6 Å². The van der Waals surface area contributed by atoms with Gasteiger partial charge in [-0.25, -0.2) is 14.7 Å². The second-order valence-corrected chi connectivity index (χ2v) is 6.35. The molecule has 0 fully saturated rings. The van der Waals surface area contributed by atoms with Crippen molar-refractivity contribution in [1.82, 2.24) is 25.0 Å². The van der Waals surface area contributed by atoms with Gasteiger partial charge in [0.15, 0.2) is 11.8 Å². The van der Waals surface area contributed by atoms with E-state index < -0.39 is 0 Å². The van der Waals surface area contributed by atoms with Crippen molar-refractivity contribution in [1.29, 1.82) is 0 Å². The summed E-state index contributed by atoms with van der Waals surface area (Å²) in [5.74, 6) is 2.50. The number of halogens is 1. The lowest BCUT2D eigenvalue weighted by atomic mass is 10.2. The Labute approximate surface area is 188 Å². The second kappa shape index (κ2) is 11.4. The van der Waals surface area contributed by atoms with Gasteiger partial charge in [0.05, 0.1) is 13.7 Å². The molecule has 0 unspecified atom stereocenters. The van der Waals surface area contributed by atoms with Crippen molar-refractivity contribution in [2.45, 2.75) is 20.0 Å². The summed E-state index contributed by atoms with van der Waals surface area (Å²) in [5, 5.41) is 7.58. The van der Waals surface area contributed by atoms with Gasteiger partial charge in [-0.3, -0.25) is 0 Å². The lowest BCUT2D eigenvalue weighted by Crippen LogP contribution is -2.38. The number of hydrogen-bond acceptors (Lipinski definition) is 4. The Kier molecular flexibility index (Phi) is 8.91. The van der Waals surface area contributed by atoms with Crippen molar-refractivity contribution in [3.05, 3.63) is 72.2 Å². The molecule has 3 aromatic rings. The Morgan fingerprint density at radius 2 is 1.97 bits per heavy atom. The minimum Gasteiger partial charge on any atom is -0.497 e. The molecule has 0 spiro atoms. The van der Waals surface area contributed by atoms with Crippen LogP contribution in [-0.4, -0.2) is 46.3 Å². The van der Waals surface area contributed by atoms with Crippen molar-refractivity contribution < 1.29 is 4.74 Å². The zero-order valence-electron chi connectivity index (χ0n) is 16.9. The number of nitrogens with zero attached hydrogens (tertiary/aromatic N) is 5. The number of nitrogens with one attached hydrogen (secondary N) is 1. The molecule has 3 rings (SSSR count). The molecule has 0 saturated carbocycles. The zero-order chi connectivity index (χ0) is 19.8. The number of pyridine rings is 1. The summed E-state index contributed by atoms with van der Waals surface area (Å²) in [6.45, 7) is 4.19. The van der Waals surface area contributed by atoms with Crippen molar-refractivity contribution in [2.24, 2.45) is 4.99 Å². The van der Waals surface area contributed by atoms with E-state index in [1.165, 1.54) is 5.56 Å². The minimum absolute atomic E-state index is 0. The molecule has 1 aromatic carbocycles. The largest absolute Gasteiger partial charge is 0.497 e. The smallest absolute Gasteiger partial charge is 0.194 e. The van der Waals surface area contributed by atoms with Crippen LogP contribution in [-0.2, 0) is 13.1 Å².